The zero-order chi connectivity index (χ0) is 33.6. The standard InChI is InChI=1S/C27H19N2O.C16H20NSi.Ir/c1-17-9-7-10-18(2)25(17)29-23-15-5-4-14-22(23)28-27(29)21-13-8-12-20-19-11-3-6-16-24(19)30-26(20)21;1-12-6-8-14(9-7-12)15-10-13(2)16(11-17-15)18(3,4)5;/h3-12,14-16H,1-2H3;6-8,10-11H,1-5H3;/q2*-1;. The molecule has 0 bridgehead atoms. The van der Waals surface area contributed by atoms with Gasteiger partial charge in [0.1, 0.15) is 5.58 Å². The zero-order valence-electron chi connectivity index (χ0n) is 29.0. The summed E-state index contributed by atoms with van der Waals surface area (Å²) in [6.07, 6.45) is 2.06. The number of fused-ring (bicyclic) bond motifs is 4. The number of rotatable bonds is 4. The van der Waals surface area contributed by atoms with Gasteiger partial charge in [-0.25, -0.2) is 0 Å². The van der Waals surface area contributed by atoms with Gasteiger partial charge in [-0.05, 0) is 61.0 Å². The molecule has 0 aliphatic heterocycles. The van der Waals surface area contributed by atoms with Gasteiger partial charge >= 0.3 is 0 Å². The van der Waals surface area contributed by atoms with Gasteiger partial charge in [-0.1, -0.05) is 97.7 Å². The Balaban J connectivity index is 0.000000189. The largest absolute Gasteiger partial charge is 0.501 e. The van der Waals surface area contributed by atoms with Crippen LogP contribution < -0.4 is 5.19 Å². The average molecular weight is 834 g/mol. The van der Waals surface area contributed by atoms with Crippen molar-refractivity contribution >= 4 is 46.2 Å². The minimum Gasteiger partial charge on any atom is -0.501 e. The molecule has 6 heteroatoms. The number of furan rings is 1. The first kappa shape index (κ1) is 34.3. The van der Waals surface area contributed by atoms with E-state index in [2.05, 4.69) is 142 Å². The van der Waals surface area contributed by atoms with Crippen LogP contribution in [0.3, 0.4) is 0 Å². The number of hydrogen-bond donors (Lipinski definition) is 0. The van der Waals surface area contributed by atoms with Gasteiger partial charge in [0.2, 0.25) is 0 Å². The van der Waals surface area contributed by atoms with Crippen molar-refractivity contribution in [2.75, 3.05) is 0 Å². The van der Waals surface area contributed by atoms with Crippen LogP contribution >= 0.6 is 0 Å². The number of nitrogens with zero attached hydrogens (tertiary/aromatic N) is 3. The molecule has 0 fully saturated rings. The molecule has 3 aromatic heterocycles. The van der Waals surface area contributed by atoms with Crippen molar-refractivity contribution in [1.82, 2.24) is 14.5 Å². The third-order valence-electron chi connectivity index (χ3n) is 8.95. The normalized spacial score (nSPS) is 11.4. The molecule has 0 unspecified atom stereocenters. The predicted octanol–water partition coefficient (Wildman–Crippen LogP) is 10.7. The Hall–Kier alpha value is -4.61. The minimum absolute atomic E-state index is 0. The van der Waals surface area contributed by atoms with Crippen LogP contribution in [-0.2, 0) is 20.1 Å². The molecule has 3 heterocycles. The second kappa shape index (κ2) is 13.7. The molecule has 0 aliphatic carbocycles. The monoisotopic (exact) mass is 834 g/mol. The van der Waals surface area contributed by atoms with Crippen molar-refractivity contribution in [2.45, 2.75) is 47.3 Å². The minimum atomic E-state index is -1.28. The van der Waals surface area contributed by atoms with Gasteiger partial charge in [0.25, 0.3) is 0 Å². The van der Waals surface area contributed by atoms with E-state index in [9.17, 15) is 0 Å². The Morgan fingerprint density at radius 2 is 1.47 bits per heavy atom. The van der Waals surface area contributed by atoms with Gasteiger partial charge in [0.05, 0.1) is 30.5 Å². The van der Waals surface area contributed by atoms with Crippen molar-refractivity contribution < 1.29 is 24.5 Å². The third-order valence-corrected chi connectivity index (χ3v) is 11.1. The van der Waals surface area contributed by atoms with E-state index < -0.39 is 8.07 Å². The van der Waals surface area contributed by atoms with Crippen molar-refractivity contribution in [3.05, 3.63) is 144 Å². The van der Waals surface area contributed by atoms with Crippen molar-refractivity contribution in [2.24, 2.45) is 0 Å². The number of benzene rings is 5. The van der Waals surface area contributed by atoms with Gasteiger partial charge in [0.15, 0.2) is 0 Å². The fraction of sp³-hybridized carbons (Fsp3) is 0.163. The van der Waals surface area contributed by atoms with E-state index in [-0.39, 0.29) is 20.1 Å². The summed E-state index contributed by atoms with van der Waals surface area (Å²) in [6.45, 7) is 15.6. The second-order valence-electron chi connectivity index (χ2n) is 13.6. The summed E-state index contributed by atoms with van der Waals surface area (Å²) in [4.78, 5) is 9.64. The molecule has 0 amide bonds. The predicted molar refractivity (Wildman–Crippen MR) is 203 cm³/mol. The Morgan fingerprint density at radius 1 is 0.735 bits per heavy atom. The first-order valence-electron chi connectivity index (χ1n) is 16.4. The molecule has 49 heavy (non-hydrogen) atoms. The van der Waals surface area contributed by atoms with Crippen molar-refractivity contribution in [3.8, 4) is 28.3 Å². The van der Waals surface area contributed by atoms with E-state index in [1.807, 2.05) is 36.4 Å². The van der Waals surface area contributed by atoms with E-state index in [1.54, 1.807) is 0 Å². The zero-order valence-corrected chi connectivity index (χ0v) is 32.4. The average Bonchev–Trinajstić information content (AvgIpc) is 3.64. The smallest absolute Gasteiger partial charge is 0.120 e. The van der Waals surface area contributed by atoms with E-state index in [0.717, 1.165) is 61.3 Å². The molecule has 0 spiro atoms. The van der Waals surface area contributed by atoms with Crippen LogP contribution in [0.1, 0.15) is 22.3 Å². The molecule has 0 saturated heterocycles. The van der Waals surface area contributed by atoms with Crippen LogP contribution in [0.2, 0.25) is 19.6 Å². The molecular weight excluding hydrogens is 795 g/mol. The molecule has 0 N–H and O–H groups in total. The summed E-state index contributed by atoms with van der Waals surface area (Å²) in [5.74, 6) is 0.846. The Bertz CT molecular complexity index is 2410. The Labute approximate surface area is 303 Å². The van der Waals surface area contributed by atoms with Crippen LogP contribution in [0, 0.1) is 39.8 Å². The number of aromatic nitrogens is 3. The van der Waals surface area contributed by atoms with Crippen LogP contribution in [0.4, 0.5) is 0 Å². The molecular formula is C43H39IrN3OSi-2. The maximum absolute atomic E-state index is 6.30. The van der Waals surface area contributed by atoms with Crippen LogP contribution in [0.15, 0.2) is 114 Å². The Kier molecular flexibility index (Phi) is 9.59. The molecule has 0 atom stereocenters. The van der Waals surface area contributed by atoms with E-state index in [0.29, 0.717) is 0 Å². The molecule has 5 aromatic carbocycles. The molecule has 4 nitrogen and oxygen atoms in total. The topological polar surface area (TPSA) is 43.9 Å². The first-order valence-corrected chi connectivity index (χ1v) is 19.9. The fourth-order valence-corrected chi connectivity index (χ4v) is 8.29. The van der Waals surface area contributed by atoms with Gasteiger partial charge < -0.3 is 14.0 Å². The van der Waals surface area contributed by atoms with Crippen molar-refractivity contribution in [3.63, 3.8) is 0 Å². The van der Waals surface area contributed by atoms with Gasteiger partial charge in [0, 0.05) is 37.4 Å². The number of para-hydroxylation sites is 4. The number of hydrogen-bond acceptors (Lipinski definition) is 3. The molecule has 8 rings (SSSR count). The second-order valence-corrected chi connectivity index (χ2v) is 18.6. The molecule has 247 valence electrons. The molecule has 1 radical (unpaired) electrons. The van der Waals surface area contributed by atoms with Gasteiger partial charge in [-0.15, -0.1) is 53.6 Å². The quantitative estimate of drug-likeness (QED) is 0.131. The molecule has 0 aliphatic rings. The summed E-state index contributed by atoms with van der Waals surface area (Å²) >= 11 is 0. The fourth-order valence-electron chi connectivity index (χ4n) is 6.59. The van der Waals surface area contributed by atoms with Gasteiger partial charge in [-0.2, -0.15) is 0 Å². The Morgan fingerprint density at radius 3 is 2.18 bits per heavy atom. The summed E-state index contributed by atoms with van der Waals surface area (Å²) in [7, 11) is -1.28. The van der Waals surface area contributed by atoms with Crippen LogP contribution in [-0.4, -0.2) is 22.6 Å². The number of imidazole rings is 1. The first-order chi connectivity index (χ1) is 23.1. The molecule has 0 saturated carbocycles. The van der Waals surface area contributed by atoms with E-state index in [4.69, 9.17) is 9.40 Å². The van der Waals surface area contributed by atoms with Gasteiger partial charge in [-0.3, -0.25) is 4.98 Å². The van der Waals surface area contributed by atoms with Crippen LogP contribution in [0.5, 0.6) is 0 Å². The maximum Gasteiger partial charge on any atom is 0.120 e. The summed E-state index contributed by atoms with van der Waals surface area (Å²) < 4.78 is 8.55. The number of aryl methyl sites for hydroxylation is 4. The van der Waals surface area contributed by atoms with Crippen LogP contribution in [0.25, 0.3) is 61.3 Å². The van der Waals surface area contributed by atoms with Crippen molar-refractivity contribution in [1.29, 1.82) is 0 Å². The molecule has 8 aromatic rings. The summed E-state index contributed by atoms with van der Waals surface area (Å²) in [5, 5.41) is 3.63. The summed E-state index contributed by atoms with van der Waals surface area (Å²) in [6, 6.07) is 41.9. The maximum atomic E-state index is 6.30. The third kappa shape index (κ3) is 6.57. The number of pyridine rings is 1. The van der Waals surface area contributed by atoms with E-state index in [1.165, 1.54) is 27.4 Å². The summed E-state index contributed by atoms with van der Waals surface area (Å²) in [5.41, 5.74) is 12.9. The SMILES string of the molecule is Cc1c[c-]c(-c2cc(C)c([Si](C)(C)C)cn2)cc1.Cc1cccc(C)c1-n1c(-c2[c-]ccc3c2oc2ccccc23)nc2ccccc21.[Ir]. The van der Waals surface area contributed by atoms with E-state index >= 15 is 0 Å².